The molecular formula is C22H27N3O. The van der Waals surface area contributed by atoms with E-state index in [1.165, 1.54) is 11.1 Å². The molecule has 0 aliphatic carbocycles. The maximum Gasteiger partial charge on any atom is 0.253 e. The highest BCUT2D eigenvalue weighted by molar-refractivity contribution is 5.95. The summed E-state index contributed by atoms with van der Waals surface area (Å²) < 4.78 is 1.96. The molecule has 2 aromatic heterocycles. The van der Waals surface area contributed by atoms with Crippen LogP contribution in [-0.2, 0) is 13.0 Å². The Bertz CT molecular complexity index is 835. The minimum atomic E-state index is -0.0168. The van der Waals surface area contributed by atoms with Gasteiger partial charge in [0.15, 0.2) is 0 Å². The minimum Gasteiger partial charge on any atom is -0.349 e. The molecule has 2 N–H and O–H groups in total. The third-order valence-electron chi connectivity index (χ3n) is 4.63. The molecule has 1 unspecified atom stereocenters. The lowest BCUT2D eigenvalue weighted by molar-refractivity contribution is 0.0938. The first-order valence-electron chi connectivity index (χ1n) is 9.32. The average molecular weight is 349 g/mol. The maximum atomic E-state index is 12.4. The van der Waals surface area contributed by atoms with E-state index in [2.05, 4.69) is 41.8 Å². The third-order valence-corrected chi connectivity index (χ3v) is 4.63. The van der Waals surface area contributed by atoms with Crippen LogP contribution in [0, 0.1) is 0 Å². The standard InChI is InChI=1S/C22H27N3O/c1-3-18-7-6-8-19(13-18)15-23-11-10-17(2)24-22(26)20-14-21-9-4-5-12-25(21)16-20/h4-9,12-14,16-17,23H,3,10-11,15H2,1-2H3,(H,24,26). The summed E-state index contributed by atoms with van der Waals surface area (Å²) in [6.45, 7) is 5.95. The van der Waals surface area contributed by atoms with E-state index in [1.807, 2.05) is 48.0 Å². The van der Waals surface area contributed by atoms with Gasteiger partial charge in [-0.15, -0.1) is 0 Å². The summed E-state index contributed by atoms with van der Waals surface area (Å²) in [6, 6.07) is 16.6. The highest BCUT2D eigenvalue weighted by atomic mass is 16.1. The largest absolute Gasteiger partial charge is 0.349 e. The predicted molar refractivity (Wildman–Crippen MR) is 106 cm³/mol. The summed E-state index contributed by atoms with van der Waals surface area (Å²) in [4.78, 5) is 12.4. The fourth-order valence-electron chi connectivity index (χ4n) is 3.07. The smallest absolute Gasteiger partial charge is 0.253 e. The highest BCUT2D eigenvalue weighted by Gasteiger charge is 2.11. The minimum absolute atomic E-state index is 0.0168. The molecule has 1 aromatic carbocycles. The first-order chi connectivity index (χ1) is 12.7. The molecule has 26 heavy (non-hydrogen) atoms. The zero-order valence-corrected chi connectivity index (χ0v) is 15.5. The molecule has 136 valence electrons. The molecule has 0 aliphatic rings. The first kappa shape index (κ1) is 18.2. The number of benzene rings is 1. The van der Waals surface area contributed by atoms with Crippen LogP contribution in [-0.4, -0.2) is 22.9 Å². The fraction of sp³-hybridized carbons (Fsp3) is 0.318. The van der Waals surface area contributed by atoms with Crippen LogP contribution >= 0.6 is 0 Å². The molecule has 0 saturated carbocycles. The second kappa shape index (κ2) is 8.68. The number of pyridine rings is 1. The zero-order valence-electron chi connectivity index (χ0n) is 15.5. The Labute approximate surface area is 155 Å². The number of aromatic nitrogens is 1. The molecule has 0 radical (unpaired) electrons. The van der Waals surface area contributed by atoms with E-state index < -0.39 is 0 Å². The van der Waals surface area contributed by atoms with Gasteiger partial charge in [0, 0.05) is 30.5 Å². The van der Waals surface area contributed by atoms with Crippen molar-refractivity contribution in [3.05, 3.63) is 77.6 Å². The van der Waals surface area contributed by atoms with E-state index in [9.17, 15) is 4.79 Å². The zero-order chi connectivity index (χ0) is 18.4. The molecule has 1 atom stereocenters. The van der Waals surface area contributed by atoms with Gasteiger partial charge in [0.1, 0.15) is 0 Å². The monoisotopic (exact) mass is 349 g/mol. The Balaban J connectivity index is 1.43. The van der Waals surface area contributed by atoms with Crippen molar-refractivity contribution >= 4 is 11.4 Å². The van der Waals surface area contributed by atoms with E-state index in [0.717, 1.165) is 31.4 Å². The number of carbonyl (C=O) groups is 1. The van der Waals surface area contributed by atoms with Crippen molar-refractivity contribution in [3.8, 4) is 0 Å². The van der Waals surface area contributed by atoms with Crippen molar-refractivity contribution in [1.29, 1.82) is 0 Å². The van der Waals surface area contributed by atoms with E-state index in [4.69, 9.17) is 0 Å². The molecule has 0 spiro atoms. The Hall–Kier alpha value is -2.59. The number of nitrogens with zero attached hydrogens (tertiary/aromatic N) is 1. The molecule has 4 nitrogen and oxygen atoms in total. The van der Waals surface area contributed by atoms with Gasteiger partial charge in [0.2, 0.25) is 0 Å². The molecule has 3 aromatic rings. The lowest BCUT2D eigenvalue weighted by atomic mass is 10.1. The van der Waals surface area contributed by atoms with Gasteiger partial charge in [-0.25, -0.2) is 0 Å². The Morgan fingerprint density at radius 1 is 1.12 bits per heavy atom. The number of nitrogens with one attached hydrogen (secondary N) is 2. The molecule has 0 saturated heterocycles. The summed E-state index contributed by atoms with van der Waals surface area (Å²) in [7, 11) is 0. The molecular weight excluding hydrogens is 322 g/mol. The molecule has 0 aliphatic heterocycles. The van der Waals surface area contributed by atoms with Crippen molar-refractivity contribution in [3.63, 3.8) is 0 Å². The number of carbonyl (C=O) groups excluding carboxylic acids is 1. The lowest BCUT2D eigenvalue weighted by Gasteiger charge is -2.14. The molecule has 2 heterocycles. The van der Waals surface area contributed by atoms with Gasteiger partial charge in [0.05, 0.1) is 5.56 Å². The third kappa shape index (κ3) is 4.73. The van der Waals surface area contributed by atoms with E-state index >= 15 is 0 Å². The number of hydrogen-bond donors (Lipinski definition) is 2. The van der Waals surface area contributed by atoms with Gasteiger partial charge >= 0.3 is 0 Å². The number of aryl methyl sites for hydroxylation is 1. The van der Waals surface area contributed by atoms with Crippen LogP contribution in [0.4, 0.5) is 0 Å². The molecule has 3 rings (SSSR count). The number of rotatable bonds is 8. The quantitative estimate of drug-likeness (QED) is 0.608. The van der Waals surface area contributed by atoms with Crippen LogP contribution < -0.4 is 10.6 Å². The van der Waals surface area contributed by atoms with Crippen molar-refractivity contribution in [1.82, 2.24) is 15.0 Å². The van der Waals surface area contributed by atoms with Crippen LogP contribution in [0.5, 0.6) is 0 Å². The SMILES string of the molecule is CCc1cccc(CNCCC(C)NC(=O)c2cc3ccccn3c2)c1. The van der Waals surface area contributed by atoms with Gasteiger partial charge in [-0.05, 0) is 55.6 Å². The first-order valence-corrected chi connectivity index (χ1v) is 9.32. The molecule has 0 fully saturated rings. The van der Waals surface area contributed by atoms with Crippen LogP contribution in [0.3, 0.4) is 0 Å². The average Bonchev–Trinajstić information content (AvgIpc) is 3.10. The Morgan fingerprint density at radius 2 is 1.96 bits per heavy atom. The topological polar surface area (TPSA) is 45.5 Å². The Kier molecular flexibility index (Phi) is 6.08. The van der Waals surface area contributed by atoms with Crippen molar-refractivity contribution in [2.45, 2.75) is 39.3 Å². The van der Waals surface area contributed by atoms with Gasteiger partial charge in [0.25, 0.3) is 5.91 Å². The van der Waals surface area contributed by atoms with Crippen LogP contribution in [0.15, 0.2) is 60.9 Å². The summed E-state index contributed by atoms with van der Waals surface area (Å²) >= 11 is 0. The number of amides is 1. The van der Waals surface area contributed by atoms with Crippen LogP contribution in [0.1, 0.15) is 41.8 Å². The van der Waals surface area contributed by atoms with Gasteiger partial charge in [-0.3, -0.25) is 4.79 Å². The molecule has 4 heteroatoms. The van der Waals surface area contributed by atoms with Gasteiger partial charge in [-0.1, -0.05) is 37.3 Å². The molecule has 0 bridgehead atoms. The van der Waals surface area contributed by atoms with Crippen LogP contribution in [0.2, 0.25) is 0 Å². The van der Waals surface area contributed by atoms with Crippen molar-refractivity contribution < 1.29 is 4.79 Å². The number of fused-ring (bicyclic) bond motifs is 1. The predicted octanol–water partition coefficient (Wildman–Crippen LogP) is 3.80. The van der Waals surface area contributed by atoms with Crippen molar-refractivity contribution in [2.75, 3.05) is 6.54 Å². The maximum absolute atomic E-state index is 12.4. The second-order valence-corrected chi connectivity index (χ2v) is 6.78. The van der Waals surface area contributed by atoms with Gasteiger partial charge < -0.3 is 15.0 Å². The lowest BCUT2D eigenvalue weighted by Crippen LogP contribution is -2.34. The molecule has 1 amide bonds. The summed E-state index contributed by atoms with van der Waals surface area (Å²) in [6.07, 6.45) is 5.78. The Morgan fingerprint density at radius 3 is 2.77 bits per heavy atom. The second-order valence-electron chi connectivity index (χ2n) is 6.78. The van der Waals surface area contributed by atoms with E-state index in [1.54, 1.807) is 0 Å². The summed E-state index contributed by atoms with van der Waals surface area (Å²) in [5.41, 5.74) is 4.40. The summed E-state index contributed by atoms with van der Waals surface area (Å²) in [5, 5.41) is 6.54. The van der Waals surface area contributed by atoms with Crippen LogP contribution in [0.25, 0.3) is 5.52 Å². The van der Waals surface area contributed by atoms with Crippen molar-refractivity contribution in [2.24, 2.45) is 0 Å². The normalized spacial score (nSPS) is 12.2. The van der Waals surface area contributed by atoms with Gasteiger partial charge in [-0.2, -0.15) is 0 Å². The van der Waals surface area contributed by atoms with E-state index in [-0.39, 0.29) is 11.9 Å². The fourth-order valence-corrected chi connectivity index (χ4v) is 3.07. The summed E-state index contributed by atoms with van der Waals surface area (Å²) in [5.74, 6) is -0.0168. The van der Waals surface area contributed by atoms with E-state index in [0.29, 0.717) is 5.56 Å². The highest BCUT2D eigenvalue weighted by Crippen LogP contribution is 2.10. The number of hydrogen-bond acceptors (Lipinski definition) is 2.